The topological polar surface area (TPSA) is 37.8 Å². The second-order valence-corrected chi connectivity index (χ2v) is 7.92. The van der Waals surface area contributed by atoms with Crippen molar-refractivity contribution in [1.29, 1.82) is 0 Å². The Morgan fingerprint density at radius 1 is 1.36 bits per heavy atom. The highest BCUT2D eigenvalue weighted by Gasteiger charge is 2.30. The van der Waals surface area contributed by atoms with Crippen LogP contribution in [0.4, 0.5) is 5.69 Å². The summed E-state index contributed by atoms with van der Waals surface area (Å²) in [5.74, 6) is 0.754. The second kappa shape index (κ2) is 5.63. The lowest BCUT2D eigenvalue weighted by Gasteiger charge is -2.07. The van der Waals surface area contributed by atoms with E-state index in [9.17, 15) is 0 Å². The van der Waals surface area contributed by atoms with Crippen LogP contribution in [-0.4, -0.2) is 9.97 Å². The first kappa shape index (κ1) is 14.2. The predicted molar refractivity (Wildman–Crippen MR) is 95.2 cm³/mol. The van der Waals surface area contributed by atoms with Crippen LogP contribution in [0.5, 0.6) is 0 Å². The molecule has 3 aromatic rings. The number of thiazole rings is 1. The third-order valence-electron chi connectivity index (χ3n) is 4.10. The number of hydrogen-bond acceptors (Lipinski definition) is 5. The second-order valence-electron chi connectivity index (χ2n) is 5.84. The van der Waals surface area contributed by atoms with Gasteiger partial charge in [-0.1, -0.05) is 6.92 Å². The molecule has 0 spiro atoms. The monoisotopic (exact) mass is 329 g/mol. The van der Waals surface area contributed by atoms with Gasteiger partial charge in [0.25, 0.3) is 0 Å². The third kappa shape index (κ3) is 2.52. The average Bonchev–Trinajstić information content (AvgIpc) is 3.08. The van der Waals surface area contributed by atoms with Crippen molar-refractivity contribution in [3.8, 4) is 0 Å². The molecule has 5 heteroatoms. The zero-order valence-electron chi connectivity index (χ0n) is 12.8. The normalized spacial score (nSPS) is 14.6. The van der Waals surface area contributed by atoms with E-state index in [2.05, 4.69) is 30.2 Å². The van der Waals surface area contributed by atoms with Gasteiger partial charge in [-0.25, -0.2) is 4.98 Å². The highest BCUT2D eigenvalue weighted by atomic mass is 32.1. The molecular weight excluding hydrogens is 310 g/mol. The molecule has 1 aliphatic rings. The van der Waals surface area contributed by atoms with Crippen LogP contribution in [0.2, 0.25) is 0 Å². The Labute approximate surface area is 138 Å². The molecule has 114 valence electrons. The highest BCUT2D eigenvalue weighted by Crippen LogP contribution is 2.49. The van der Waals surface area contributed by atoms with Crippen LogP contribution < -0.4 is 5.32 Å². The summed E-state index contributed by atoms with van der Waals surface area (Å²) in [5, 5.41) is 6.72. The molecule has 3 heterocycles. The molecule has 4 rings (SSSR count). The Kier molecular flexibility index (Phi) is 3.62. The summed E-state index contributed by atoms with van der Waals surface area (Å²) in [5.41, 5.74) is 5.08. The molecular formula is C17H19N3S2. The largest absolute Gasteiger partial charge is 0.377 e. The molecule has 0 atom stereocenters. The first-order valence-electron chi connectivity index (χ1n) is 7.81. The van der Waals surface area contributed by atoms with Gasteiger partial charge in [-0.2, -0.15) is 0 Å². The molecule has 3 nitrogen and oxygen atoms in total. The van der Waals surface area contributed by atoms with E-state index in [1.165, 1.54) is 39.2 Å². The highest BCUT2D eigenvalue weighted by molar-refractivity contribution is 7.19. The third-order valence-corrected chi connectivity index (χ3v) is 6.25. The lowest BCUT2D eigenvalue weighted by Crippen LogP contribution is -2.00. The number of nitrogens with one attached hydrogen (secondary N) is 1. The van der Waals surface area contributed by atoms with Crippen LogP contribution in [-0.2, 0) is 13.0 Å². The predicted octanol–water partition coefficient (Wildman–Crippen LogP) is 5.11. The van der Waals surface area contributed by atoms with E-state index in [-0.39, 0.29) is 0 Å². The summed E-state index contributed by atoms with van der Waals surface area (Å²) in [4.78, 5) is 10.7. The van der Waals surface area contributed by atoms with Crippen LogP contribution >= 0.6 is 22.7 Å². The summed E-state index contributed by atoms with van der Waals surface area (Å²) in [7, 11) is 0. The molecule has 0 aromatic carbocycles. The summed E-state index contributed by atoms with van der Waals surface area (Å²) < 4.78 is 1.32. The number of anilines is 1. The Balaban J connectivity index is 1.77. The SMILES string of the molecule is CCc1sc2c(NCc3nccs3)cc(C)nc2c1C1CC1. The zero-order valence-corrected chi connectivity index (χ0v) is 14.5. The Morgan fingerprint density at radius 3 is 2.91 bits per heavy atom. The average molecular weight is 329 g/mol. The van der Waals surface area contributed by atoms with Crippen LogP contribution in [0.15, 0.2) is 17.6 Å². The minimum atomic E-state index is 0.754. The lowest BCUT2D eigenvalue weighted by molar-refractivity contribution is 1.06. The summed E-state index contributed by atoms with van der Waals surface area (Å²) >= 11 is 3.62. The van der Waals surface area contributed by atoms with Gasteiger partial charge in [0.15, 0.2) is 0 Å². The molecule has 0 radical (unpaired) electrons. The van der Waals surface area contributed by atoms with Crippen LogP contribution in [0, 0.1) is 6.92 Å². The smallest absolute Gasteiger partial charge is 0.112 e. The molecule has 1 N–H and O–H groups in total. The maximum absolute atomic E-state index is 4.87. The molecule has 0 bridgehead atoms. The van der Waals surface area contributed by atoms with Crippen LogP contribution in [0.25, 0.3) is 10.2 Å². The van der Waals surface area contributed by atoms with E-state index in [0.29, 0.717) is 0 Å². The quantitative estimate of drug-likeness (QED) is 0.706. The number of hydrogen-bond donors (Lipinski definition) is 1. The van der Waals surface area contributed by atoms with Crippen molar-refractivity contribution in [2.75, 3.05) is 5.32 Å². The van der Waals surface area contributed by atoms with E-state index >= 15 is 0 Å². The number of aryl methyl sites for hydroxylation is 2. The number of rotatable bonds is 5. The van der Waals surface area contributed by atoms with Crippen molar-refractivity contribution in [3.05, 3.63) is 38.8 Å². The first-order chi connectivity index (χ1) is 10.8. The standard InChI is InChI=1S/C17H19N3S2/c1-3-13-15(11-4-5-11)16-17(22-13)12(8-10(2)20-16)19-9-14-18-6-7-21-14/h6-8,11H,3-5,9H2,1-2H3,(H,19,20). The number of fused-ring (bicyclic) bond motifs is 1. The van der Waals surface area contributed by atoms with E-state index in [4.69, 9.17) is 4.98 Å². The van der Waals surface area contributed by atoms with Gasteiger partial charge in [0.05, 0.1) is 22.4 Å². The Hall–Kier alpha value is -1.46. The van der Waals surface area contributed by atoms with Crippen molar-refractivity contribution in [2.24, 2.45) is 0 Å². The molecule has 0 unspecified atom stereocenters. The molecule has 3 aromatic heterocycles. The summed E-state index contributed by atoms with van der Waals surface area (Å²) in [6.45, 7) is 5.13. The molecule has 0 aliphatic heterocycles. The van der Waals surface area contributed by atoms with Crippen molar-refractivity contribution < 1.29 is 0 Å². The van der Waals surface area contributed by atoms with E-state index in [1.807, 2.05) is 22.9 Å². The first-order valence-corrected chi connectivity index (χ1v) is 9.51. The van der Waals surface area contributed by atoms with Gasteiger partial charge in [-0.05, 0) is 43.7 Å². The fourth-order valence-corrected chi connectivity index (χ4v) is 4.77. The minimum absolute atomic E-state index is 0.754. The lowest BCUT2D eigenvalue weighted by atomic mass is 10.1. The minimum Gasteiger partial charge on any atom is -0.377 e. The van der Waals surface area contributed by atoms with Gasteiger partial charge in [-0.3, -0.25) is 4.98 Å². The van der Waals surface area contributed by atoms with Crippen molar-refractivity contribution >= 4 is 38.6 Å². The summed E-state index contributed by atoms with van der Waals surface area (Å²) in [6, 6.07) is 2.17. The van der Waals surface area contributed by atoms with Gasteiger partial charge in [0.2, 0.25) is 0 Å². The van der Waals surface area contributed by atoms with E-state index in [0.717, 1.165) is 29.6 Å². The molecule has 0 saturated heterocycles. The molecule has 1 fully saturated rings. The molecule has 1 aliphatic carbocycles. The van der Waals surface area contributed by atoms with Crippen molar-refractivity contribution in [2.45, 2.75) is 45.6 Å². The number of pyridine rings is 1. The fourth-order valence-electron chi connectivity index (χ4n) is 2.96. The molecule has 1 saturated carbocycles. The Morgan fingerprint density at radius 2 is 2.23 bits per heavy atom. The van der Waals surface area contributed by atoms with Crippen LogP contribution in [0.3, 0.4) is 0 Å². The van der Waals surface area contributed by atoms with Crippen molar-refractivity contribution in [3.63, 3.8) is 0 Å². The number of aromatic nitrogens is 2. The van der Waals surface area contributed by atoms with Gasteiger partial charge in [-0.15, -0.1) is 22.7 Å². The molecule has 22 heavy (non-hydrogen) atoms. The van der Waals surface area contributed by atoms with Crippen LogP contribution in [0.1, 0.15) is 46.8 Å². The van der Waals surface area contributed by atoms with Gasteiger partial charge in [0.1, 0.15) is 5.01 Å². The van der Waals surface area contributed by atoms with E-state index < -0.39 is 0 Å². The van der Waals surface area contributed by atoms with E-state index in [1.54, 1.807) is 11.3 Å². The Bertz CT molecular complexity index is 801. The molecule has 0 amide bonds. The maximum Gasteiger partial charge on any atom is 0.112 e. The number of thiophene rings is 1. The van der Waals surface area contributed by atoms with Gasteiger partial charge in [0, 0.05) is 22.1 Å². The van der Waals surface area contributed by atoms with Crippen molar-refractivity contribution in [1.82, 2.24) is 9.97 Å². The fraction of sp³-hybridized carbons (Fsp3) is 0.412. The maximum atomic E-state index is 4.87. The van der Waals surface area contributed by atoms with Gasteiger partial charge >= 0.3 is 0 Å². The zero-order chi connectivity index (χ0) is 15.1. The number of nitrogens with zero attached hydrogens (tertiary/aromatic N) is 2. The summed E-state index contributed by atoms with van der Waals surface area (Å²) in [6.07, 6.45) is 5.63. The van der Waals surface area contributed by atoms with Gasteiger partial charge < -0.3 is 5.32 Å².